The van der Waals surface area contributed by atoms with E-state index in [1.165, 1.54) is 4.90 Å². The van der Waals surface area contributed by atoms with Crippen LogP contribution in [0.1, 0.15) is 40.4 Å². The number of carbonyl (C=O) groups excluding carboxylic acids is 3. The number of carboxylic acid groups (broad SMARTS) is 1. The van der Waals surface area contributed by atoms with Crippen LogP contribution in [-0.2, 0) is 20.9 Å². The van der Waals surface area contributed by atoms with Gasteiger partial charge in [0.25, 0.3) is 5.91 Å². The number of nitrogens with one attached hydrogen (secondary N) is 1. The van der Waals surface area contributed by atoms with Crippen LogP contribution < -0.4 is 30.1 Å². The fourth-order valence-electron chi connectivity index (χ4n) is 8.13. The van der Waals surface area contributed by atoms with Gasteiger partial charge >= 0.3 is 5.97 Å². The first-order valence-corrected chi connectivity index (χ1v) is 14.8. The zero-order valence-corrected chi connectivity index (χ0v) is 26.2. The third-order valence-corrected chi connectivity index (χ3v) is 10.6. The zero-order valence-electron chi connectivity index (χ0n) is 24.7. The monoisotopic (exact) mass is 642 g/mol. The molecule has 3 atom stereocenters. The van der Waals surface area contributed by atoms with Gasteiger partial charge in [0.1, 0.15) is 51.5 Å². The maximum absolute atomic E-state index is 13.5. The lowest BCUT2D eigenvalue weighted by Crippen LogP contribution is -3.00. The predicted molar refractivity (Wildman–Crippen MR) is 153 cm³/mol. The second kappa shape index (κ2) is 11.3. The number of carbonyl (C=O) groups is 4. The van der Waals surface area contributed by atoms with Gasteiger partial charge in [-0.15, -0.1) is 0 Å². The second-order valence-corrected chi connectivity index (χ2v) is 12.9. The molecule has 2 bridgehead atoms. The number of aliphatic carboxylic acids is 1. The number of β-lactam (4-membered cyclic amide) rings is 1. The highest BCUT2D eigenvalue weighted by atomic mass is 35.5. The van der Waals surface area contributed by atoms with Crippen molar-refractivity contribution in [2.24, 2.45) is 5.92 Å². The molecule has 5 heterocycles. The van der Waals surface area contributed by atoms with Crippen LogP contribution in [0.4, 0.5) is 0 Å². The van der Waals surface area contributed by atoms with E-state index in [1.54, 1.807) is 26.1 Å². The van der Waals surface area contributed by atoms with E-state index in [4.69, 9.17) is 0 Å². The average molecular weight is 644 g/mol. The van der Waals surface area contributed by atoms with Crippen molar-refractivity contribution in [2.75, 3.05) is 52.9 Å². The molecule has 2 amide bonds. The highest BCUT2D eigenvalue weighted by Crippen LogP contribution is 2.48. The molecule has 2 aromatic rings. The largest absolute Gasteiger partial charge is 1.00 e. The van der Waals surface area contributed by atoms with Crippen LogP contribution in [0.25, 0.3) is 16.7 Å². The zero-order chi connectivity index (χ0) is 29.6. The van der Waals surface area contributed by atoms with Crippen LogP contribution in [0.15, 0.2) is 42.1 Å². The van der Waals surface area contributed by atoms with Crippen LogP contribution in [0.5, 0.6) is 0 Å². The molecule has 1 aliphatic carbocycles. The molecule has 3 N–H and O–H groups in total. The number of hydrogen-bond donors (Lipinski definition) is 3. The molecule has 0 saturated carbocycles. The summed E-state index contributed by atoms with van der Waals surface area (Å²) >= 11 is 0. The van der Waals surface area contributed by atoms with Crippen LogP contribution in [-0.4, -0.2) is 113 Å². The van der Waals surface area contributed by atoms with Gasteiger partial charge in [-0.05, 0) is 53.8 Å². The minimum absolute atomic E-state index is 0. The van der Waals surface area contributed by atoms with Crippen molar-refractivity contribution in [3.8, 4) is 11.1 Å². The number of benzene rings is 2. The normalized spacial score (nSPS) is 28.3. The second-order valence-electron chi connectivity index (χ2n) is 12.9. The first kappa shape index (κ1) is 32.1. The lowest BCUT2D eigenvalue weighted by Gasteiger charge is -2.55. The van der Waals surface area contributed by atoms with Gasteiger partial charge in [0.15, 0.2) is 12.3 Å². The molecule has 44 heavy (non-hydrogen) atoms. The molecule has 8 rings (SSSR count). The van der Waals surface area contributed by atoms with E-state index in [0.717, 1.165) is 71.5 Å². The molecule has 6 aliphatic rings. The first-order chi connectivity index (χ1) is 20.1. The van der Waals surface area contributed by atoms with Crippen molar-refractivity contribution in [3.05, 3.63) is 64.3 Å². The third kappa shape index (κ3) is 4.75. The Morgan fingerprint density at radius 2 is 1.57 bits per heavy atom. The summed E-state index contributed by atoms with van der Waals surface area (Å²) in [5, 5.41) is 22.8. The number of rotatable bonds is 7. The number of ketones is 1. The smallest absolute Gasteiger partial charge is 0.352 e. The summed E-state index contributed by atoms with van der Waals surface area (Å²) in [5.74, 6) is -2.06. The number of nitrogens with zero attached hydrogens (tertiary/aromatic N) is 3. The standard InChI is InChI=1S/C32H34N4O6.2ClH/c1-18(37)28-26-15-23(29(32(41)42)34(26)31(28)40)20-4-6-22-24(14-20)21-5-3-19(13-25(21)30(22)39)16-35-7-10-36(11-8-35,12-9-35)17-27(38)33-2;;/h3-6,13-14,18,26,28,37H,7-12,15-17H2,1-2H3;2*1H/t18-,26-,28-,35?,36?;;/m1../s1. The molecular weight excluding hydrogens is 607 g/mol. The Bertz CT molecular complexity index is 1600. The molecular formula is C32H36Cl2N4O6. The summed E-state index contributed by atoms with van der Waals surface area (Å²) in [5.41, 5.74) is 5.23. The summed E-state index contributed by atoms with van der Waals surface area (Å²) in [6, 6.07) is 11.2. The molecule has 4 fully saturated rings. The van der Waals surface area contributed by atoms with Crippen LogP contribution in [0.2, 0.25) is 0 Å². The quantitative estimate of drug-likeness (QED) is 0.176. The van der Waals surface area contributed by atoms with E-state index < -0.39 is 18.0 Å². The van der Waals surface area contributed by atoms with Gasteiger partial charge in [0, 0.05) is 23.7 Å². The van der Waals surface area contributed by atoms with Crippen molar-refractivity contribution >= 4 is 29.1 Å². The van der Waals surface area contributed by atoms with Gasteiger partial charge in [0.05, 0.1) is 18.1 Å². The van der Waals surface area contributed by atoms with Crippen LogP contribution in [0, 0.1) is 5.92 Å². The fraction of sp³-hybridized carbons (Fsp3) is 0.438. The topological polar surface area (TPSA) is 124 Å². The Hall–Kier alpha value is -3.28. The highest BCUT2D eigenvalue weighted by molar-refractivity contribution is 6.22. The van der Waals surface area contributed by atoms with Gasteiger partial charge in [-0.25, -0.2) is 4.79 Å². The summed E-state index contributed by atoms with van der Waals surface area (Å²) < 4.78 is 1.85. The van der Waals surface area contributed by atoms with E-state index in [-0.39, 0.29) is 54.2 Å². The Morgan fingerprint density at radius 3 is 2.18 bits per heavy atom. The molecule has 2 aromatic carbocycles. The maximum Gasteiger partial charge on any atom is 0.352 e. The molecule has 234 valence electrons. The number of aliphatic hydroxyl groups is 1. The number of amides is 2. The van der Waals surface area contributed by atoms with E-state index in [1.807, 2.05) is 18.2 Å². The van der Waals surface area contributed by atoms with Gasteiger partial charge in [-0.3, -0.25) is 14.4 Å². The summed E-state index contributed by atoms with van der Waals surface area (Å²) in [4.78, 5) is 51.8. The Morgan fingerprint density at radius 1 is 0.932 bits per heavy atom. The van der Waals surface area contributed by atoms with Crippen LogP contribution >= 0.6 is 0 Å². The lowest BCUT2D eigenvalue weighted by molar-refractivity contribution is -1.08. The van der Waals surface area contributed by atoms with Gasteiger partial charge in [0.2, 0.25) is 5.91 Å². The molecule has 0 aromatic heterocycles. The van der Waals surface area contributed by atoms with E-state index >= 15 is 0 Å². The number of likely N-dealkylation sites (N-methyl/N-ethyl adjacent to an activating group) is 1. The Labute approximate surface area is 268 Å². The van der Waals surface area contributed by atoms with Crippen molar-refractivity contribution in [3.63, 3.8) is 0 Å². The predicted octanol–water partition coefficient (Wildman–Crippen LogP) is -4.78. The van der Waals surface area contributed by atoms with E-state index in [0.29, 0.717) is 35.2 Å². The number of quaternary nitrogens is 2. The average Bonchev–Trinajstić information content (AvgIpc) is 3.46. The molecule has 0 unspecified atom stereocenters. The minimum atomic E-state index is -1.17. The maximum atomic E-state index is 13.5. The number of fused-ring (bicyclic) bond motifs is 7. The third-order valence-electron chi connectivity index (χ3n) is 10.6. The minimum Gasteiger partial charge on any atom is -1.00 e. The Balaban J connectivity index is 0.00000192. The van der Waals surface area contributed by atoms with Crippen LogP contribution in [0.3, 0.4) is 0 Å². The molecule has 5 aliphatic heterocycles. The Kier molecular flexibility index (Phi) is 8.22. The number of piperazine rings is 3. The molecule has 4 saturated heterocycles. The van der Waals surface area contributed by atoms with Crippen molar-refractivity contribution in [2.45, 2.75) is 32.0 Å². The van der Waals surface area contributed by atoms with E-state index in [9.17, 15) is 29.4 Å². The molecule has 12 heteroatoms. The number of carboxylic acids is 1. The first-order valence-electron chi connectivity index (χ1n) is 14.8. The highest BCUT2D eigenvalue weighted by Gasteiger charge is 2.57. The number of aliphatic hydroxyl groups excluding tert-OH is 1. The summed E-state index contributed by atoms with van der Waals surface area (Å²) in [6.45, 7) is 8.98. The fourth-order valence-corrected chi connectivity index (χ4v) is 8.13. The van der Waals surface area contributed by atoms with Gasteiger partial charge in [-0.2, -0.15) is 0 Å². The van der Waals surface area contributed by atoms with E-state index in [2.05, 4.69) is 11.4 Å². The molecule has 10 nitrogen and oxygen atoms in total. The van der Waals surface area contributed by atoms with Crippen molar-refractivity contribution < 1.29 is 63.2 Å². The van der Waals surface area contributed by atoms with Crippen molar-refractivity contribution in [1.82, 2.24) is 10.2 Å². The molecule has 0 radical (unpaired) electrons. The van der Waals surface area contributed by atoms with Gasteiger partial charge < -0.3 is 54.2 Å². The number of halogens is 2. The SMILES string of the molecule is CNC(=O)C[N+]12CC[N+](Cc3ccc4c(c3)C(=O)c3ccc(C5=C(C(=O)O)N6C(=O)[C@H]([C@@H](C)O)[C@H]6C5)cc3-4)(CC1)CC2.[Cl-].[Cl-]. The van der Waals surface area contributed by atoms with Crippen molar-refractivity contribution in [1.29, 1.82) is 0 Å². The van der Waals surface area contributed by atoms with Gasteiger partial charge in [-0.1, -0.05) is 18.2 Å². The lowest BCUT2D eigenvalue weighted by atomic mass is 9.82. The molecule has 0 spiro atoms. The summed E-state index contributed by atoms with van der Waals surface area (Å²) in [6.07, 6.45) is -0.499. The number of hydrogen-bond acceptors (Lipinski definition) is 5. The summed E-state index contributed by atoms with van der Waals surface area (Å²) in [7, 11) is 1.69.